The maximum Gasteiger partial charge on any atom is 0.339 e. The quantitative estimate of drug-likeness (QED) is 0.849. The van der Waals surface area contributed by atoms with Crippen LogP contribution < -0.4 is 0 Å². The molecule has 0 bridgehead atoms. The molecule has 0 radical (unpaired) electrons. The number of rotatable bonds is 3. The zero-order chi connectivity index (χ0) is 12.5. The van der Waals surface area contributed by atoms with Crippen LogP contribution in [-0.2, 0) is 5.60 Å². The predicted molar refractivity (Wildman–Crippen MR) is 61.8 cm³/mol. The minimum Gasteiger partial charge on any atom is -0.478 e. The van der Waals surface area contributed by atoms with Gasteiger partial charge in [-0.25, -0.2) is 4.79 Å². The van der Waals surface area contributed by atoms with Crippen LogP contribution >= 0.6 is 0 Å². The van der Waals surface area contributed by atoms with E-state index >= 15 is 0 Å². The van der Waals surface area contributed by atoms with Crippen LogP contribution in [0.4, 0.5) is 0 Å². The Labute approximate surface area is 100 Å². The Morgan fingerprint density at radius 1 is 1.59 bits per heavy atom. The zero-order valence-corrected chi connectivity index (χ0v) is 9.98. The largest absolute Gasteiger partial charge is 0.478 e. The summed E-state index contributed by atoms with van der Waals surface area (Å²) in [4.78, 5) is 11.1. The highest BCUT2D eigenvalue weighted by Crippen LogP contribution is 2.44. The average molecular weight is 238 g/mol. The highest BCUT2D eigenvalue weighted by atomic mass is 16.4. The SMILES string of the molecule is CCC1CCCCC1(O)c1occc1C(=O)O. The van der Waals surface area contributed by atoms with E-state index in [0.29, 0.717) is 6.42 Å². The lowest BCUT2D eigenvalue weighted by Gasteiger charge is -2.38. The number of aliphatic hydroxyl groups is 1. The molecule has 0 spiro atoms. The molecular formula is C13H18O4. The van der Waals surface area contributed by atoms with Gasteiger partial charge in [-0.05, 0) is 24.8 Å². The molecule has 4 heteroatoms. The summed E-state index contributed by atoms with van der Waals surface area (Å²) in [5, 5.41) is 19.9. The van der Waals surface area contributed by atoms with Crippen LogP contribution in [0, 0.1) is 5.92 Å². The minimum absolute atomic E-state index is 0.0838. The fraction of sp³-hybridized carbons (Fsp3) is 0.615. The van der Waals surface area contributed by atoms with Gasteiger partial charge in [0.1, 0.15) is 16.9 Å². The number of carbonyl (C=O) groups is 1. The molecule has 17 heavy (non-hydrogen) atoms. The molecule has 0 saturated heterocycles. The van der Waals surface area contributed by atoms with E-state index in [0.717, 1.165) is 25.7 Å². The second kappa shape index (κ2) is 4.53. The Kier molecular flexibility index (Phi) is 3.24. The Morgan fingerprint density at radius 2 is 2.35 bits per heavy atom. The van der Waals surface area contributed by atoms with Crippen molar-refractivity contribution in [2.24, 2.45) is 5.92 Å². The second-order valence-electron chi connectivity index (χ2n) is 4.74. The lowest BCUT2D eigenvalue weighted by Crippen LogP contribution is -2.38. The number of carboxylic acids is 1. The van der Waals surface area contributed by atoms with Gasteiger partial charge >= 0.3 is 5.97 Å². The van der Waals surface area contributed by atoms with Gasteiger partial charge in [-0.2, -0.15) is 0 Å². The number of furan rings is 1. The predicted octanol–water partition coefficient (Wildman–Crippen LogP) is 2.77. The van der Waals surface area contributed by atoms with Crippen LogP contribution in [-0.4, -0.2) is 16.2 Å². The molecule has 94 valence electrons. The molecule has 2 N–H and O–H groups in total. The van der Waals surface area contributed by atoms with E-state index in [4.69, 9.17) is 9.52 Å². The van der Waals surface area contributed by atoms with Crippen molar-refractivity contribution in [3.63, 3.8) is 0 Å². The van der Waals surface area contributed by atoms with Gasteiger partial charge in [0.15, 0.2) is 0 Å². The van der Waals surface area contributed by atoms with E-state index < -0.39 is 11.6 Å². The van der Waals surface area contributed by atoms with Crippen LogP contribution in [0.5, 0.6) is 0 Å². The van der Waals surface area contributed by atoms with Crippen molar-refractivity contribution in [1.82, 2.24) is 0 Å². The summed E-state index contributed by atoms with van der Waals surface area (Å²) in [6.07, 6.45) is 5.68. The second-order valence-corrected chi connectivity index (χ2v) is 4.74. The van der Waals surface area contributed by atoms with Crippen molar-refractivity contribution >= 4 is 5.97 Å². The van der Waals surface area contributed by atoms with Crippen LogP contribution in [0.25, 0.3) is 0 Å². The molecule has 2 unspecified atom stereocenters. The molecule has 2 atom stereocenters. The van der Waals surface area contributed by atoms with E-state index in [-0.39, 0.29) is 17.2 Å². The van der Waals surface area contributed by atoms with Gasteiger partial charge in [-0.1, -0.05) is 26.2 Å². The molecule has 0 amide bonds. The topological polar surface area (TPSA) is 70.7 Å². The Balaban J connectivity index is 2.41. The van der Waals surface area contributed by atoms with Crippen LogP contribution in [0.3, 0.4) is 0 Å². The summed E-state index contributed by atoms with van der Waals surface area (Å²) >= 11 is 0. The lowest BCUT2D eigenvalue weighted by molar-refractivity contribution is -0.0726. The van der Waals surface area contributed by atoms with Gasteiger partial charge in [-0.15, -0.1) is 0 Å². The standard InChI is InChI=1S/C13H18O4/c1-2-9-5-3-4-7-13(9,16)11-10(12(14)15)6-8-17-11/h6,8-9,16H,2-5,7H2,1H3,(H,14,15). The molecule has 1 aliphatic rings. The highest BCUT2D eigenvalue weighted by Gasteiger charge is 2.44. The van der Waals surface area contributed by atoms with Crippen molar-refractivity contribution < 1.29 is 19.4 Å². The van der Waals surface area contributed by atoms with E-state index in [1.54, 1.807) is 0 Å². The van der Waals surface area contributed by atoms with Crippen LogP contribution in [0.15, 0.2) is 16.7 Å². The summed E-state index contributed by atoms with van der Waals surface area (Å²) in [5.74, 6) is -0.723. The zero-order valence-electron chi connectivity index (χ0n) is 9.98. The van der Waals surface area contributed by atoms with E-state index in [1.807, 2.05) is 6.92 Å². The molecule has 2 rings (SSSR count). The normalized spacial score (nSPS) is 29.2. The van der Waals surface area contributed by atoms with Crippen molar-refractivity contribution in [3.05, 3.63) is 23.7 Å². The first kappa shape index (κ1) is 12.2. The first-order valence-corrected chi connectivity index (χ1v) is 6.13. The maximum absolute atomic E-state index is 11.1. The molecular weight excluding hydrogens is 220 g/mol. The van der Waals surface area contributed by atoms with Gasteiger partial charge in [0, 0.05) is 0 Å². The van der Waals surface area contributed by atoms with Gasteiger partial charge < -0.3 is 14.6 Å². The van der Waals surface area contributed by atoms with Gasteiger partial charge in [0.2, 0.25) is 0 Å². The third-order valence-corrected chi connectivity index (χ3v) is 3.82. The summed E-state index contributed by atoms with van der Waals surface area (Å²) in [7, 11) is 0. The lowest BCUT2D eigenvalue weighted by atomic mass is 9.72. The van der Waals surface area contributed by atoms with E-state index in [1.165, 1.54) is 12.3 Å². The summed E-state index contributed by atoms with van der Waals surface area (Å²) in [6.45, 7) is 2.02. The monoisotopic (exact) mass is 238 g/mol. The Morgan fingerprint density at radius 3 is 3.00 bits per heavy atom. The first-order valence-electron chi connectivity index (χ1n) is 6.13. The van der Waals surface area contributed by atoms with Crippen molar-refractivity contribution in [3.8, 4) is 0 Å². The van der Waals surface area contributed by atoms with Crippen molar-refractivity contribution in [1.29, 1.82) is 0 Å². The molecule has 1 saturated carbocycles. The molecule has 0 aromatic carbocycles. The van der Waals surface area contributed by atoms with Crippen molar-refractivity contribution in [2.75, 3.05) is 0 Å². The van der Waals surface area contributed by atoms with Crippen molar-refractivity contribution in [2.45, 2.75) is 44.6 Å². The molecule has 1 aliphatic carbocycles. The summed E-state index contributed by atoms with van der Waals surface area (Å²) in [5.41, 5.74) is -1.02. The minimum atomic E-state index is -1.11. The number of hydrogen-bond donors (Lipinski definition) is 2. The number of hydrogen-bond acceptors (Lipinski definition) is 3. The van der Waals surface area contributed by atoms with Crippen LogP contribution in [0.2, 0.25) is 0 Å². The fourth-order valence-electron chi connectivity index (χ4n) is 2.88. The van der Waals surface area contributed by atoms with E-state index in [9.17, 15) is 9.90 Å². The third kappa shape index (κ3) is 1.97. The number of carboxylic acid groups (broad SMARTS) is 1. The molecule has 1 aromatic heterocycles. The van der Waals surface area contributed by atoms with Gasteiger partial charge in [0.05, 0.1) is 6.26 Å². The first-order chi connectivity index (χ1) is 8.09. The smallest absolute Gasteiger partial charge is 0.339 e. The van der Waals surface area contributed by atoms with Crippen LogP contribution in [0.1, 0.15) is 55.1 Å². The fourth-order valence-corrected chi connectivity index (χ4v) is 2.88. The molecule has 4 nitrogen and oxygen atoms in total. The summed E-state index contributed by atoms with van der Waals surface area (Å²) in [6, 6.07) is 1.41. The third-order valence-electron chi connectivity index (χ3n) is 3.82. The van der Waals surface area contributed by atoms with Gasteiger partial charge in [0.25, 0.3) is 0 Å². The Hall–Kier alpha value is -1.29. The number of aromatic carboxylic acids is 1. The molecule has 0 aliphatic heterocycles. The maximum atomic E-state index is 11.1. The van der Waals surface area contributed by atoms with Gasteiger partial charge in [-0.3, -0.25) is 0 Å². The molecule has 1 aromatic rings. The molecule has 1 fully saturated rings. The molecule has 1 heterocycles. The average Bonchev–Trinajstić information content (AvgIpc) is 2.79. The Bertz CT molecular complexity index is 409. The highest BCUT2D eigenvalue weighted by molar-refractivity contribution is 5.89. The van der Waals surface area contributed by atoms with E-state index in [2.05, 4.69) is 0 Å². The summed E-state index contributed by atoms with van der Waals surface area (Å²) < 4.78 is 5.27.